The van der Waals surface area contributed by atoms with E-state index in [2.05, 4.69) is 34.9 Å². The third kappa shape index (κ3) is 6.57. The second kappa shape index (κ2) is 11.9. The molecule has 0 saturated heterocycles. The van der Waals surface area contributed by atoms with Gasteiger partial charge in [-0.05, 0) is 35.1 Å². The molecule has 7 nitrogen and oxygen atoms in total. The van der Waals surface area contributed by atoms with Gasteiger partial charge in [0.15, 0.2) is 0 Å². The first-order chi connectivity index (χ1) is 15.6. The fraction of sp³-hybridized carbons (Fsp3) is 0.400. The second-order valence-corrected chi connectivity index (χ2v) is 7.91. The summed E-state index contributed by atoms with van der Waals surface area (Å²) >= 11 is 0. The molecule has 170 valence electrons. The number of benzene rings is 2. The number of carboxylic acids is 1. The maximum absolute atomic E-state index is 12.1. The van der Waals surface area contributed by atoms with E-state index in [4.69, 9.17) is 9.84 Å². The van der Waals surface area contributed by atoms with E-state index >= 15 is 0 Å². The van der Waals surface area contributed by atoms with Gasteiger partial charge in [0.05, 0.1) is 6.42 Å². The quantitative estimate of drug-likeness (QED) is 0.433. The maximum atomic E-state index is 12.1. The van der Waals surface area contributed by atoms with Crippen molar-refractivity contribution in [2.75, 3.05) is 19.7 Å². The van der Waals surface area contributed by atoms with Crippen LogP contribution in [-0.4, -0.2) is 42.8 Å². The number of carbonyl (C=O) groups is 3. The molecule has 3 rings (SSSR count). The van der Waals surface area contributed by atoms with Crippen molar-refractivity contribution in [1.29, 1.82) is 0 Å². The number of alkyl carbamates (subject to hydrolysis) is 1. The van der Waals surface area contributed by atoms with Gasteiger partial charge in [-0.2, -0.15) is 0 Å². The zero-order valence-electron chi connectivity index (χ0n) is 18.1. The van der Waals surface area contributed by atoms with Crippen molar-refractivity contribution in [3.8, 4) is 11.1 Å². The van der Waals surface area contributed by atoms with Crippen molar-refractivity contribution in [2.45, 2.75) is 44.4 Å². The lowest BCUT2D eigenvalue weighted by atomic mass is 9.98. The summed E-state index contributed by atoms with van der Waals surface area (Å²) in [6.07, 6.45) is 3.23. The number of nitrogens with one attached hydrogen (secondary N) is 2. The van der Waals surface area contributed by atoms with Crippen molar-refractivity contribution in [2.24, 2.45) is 0 Å². The van der Waals surface area contributed by atoms with Crippen LogP contribution >= 0.6 is 0 Å². The van der Waals surface area contributed by atoms with Gasteiger partial charge >= 0.3 is 12.1 Å². The molecule has 3 N–H and O–H groups in total. The molecule has 7 heteroatoms. The van der Waals surface area contributed by atoms with Gasteiger partial charge in [-0.1, -0.05) is 61.4 Å². The number of hydrogen-bond donors (Lipinski definition) is 3. The molecule has 0 radical (unpaired) electrons. The predicted molar refractivity (Wildman–Crippen MR) is 121 cm³/mol. The molecule has 1 aliphatic rings. The molecule has 0 heterocycles. The molecule has 0 unspecified atom stereocenters. The lowest BCUT2D eigenvalue weighted by Crippen LogP contribution is -2.27. The molecule has 0 spiro atoms. The van der Waals surface area contributed by atoms with E-state index in [1.807, 2.05) is 24.3 Å². The number of unbranched alkanes of at least 4 members (excludes halogenated alkanes) is 3. The van der Waals surface area contributed by atoms with Crippen LogP contribution in [0.4, 0.5) is 4.79 Å². The molecule has 0 aromatic heterocycles. The monoisotopic (exact) mass is 438 g/mol. The highest BCUT2D eigenvalue weighted by Crippen LogP contribution is 2.44. The zero-order chi connectivity index (χ0) is 22.8. The Kier molecular flexibility index (Phi) is 8.66. The Morgan fingerprint density at radius 2 is 1.41 bits per heavy atom. The number of aliphatic carboxylic acids is 1. The second-order valence-electron chi connectivity index (χ2n) is 7.91. The zero-order valence-corrected chi connectivity index (χ0v) is 18.1. The average Bonchev–Trinajstić information content (AvgIpc) is 3.10. The summed E-state index contributed by atoms with van der Waals surface area (Å²) in [7, 11) is 0. The van der Waals surface area contributed by atoms with Crippen molar-refractivity contribution in [1.82, 2.24) is 10.6 Å². The van der Waals surface area contributed by atoms with E-state index < -0.39 is 12.1 Å². The maximum Gasteiger partial charge on any atom is 0.407 e. The van der Waals surface area contributed by atoms with Crippen LogP contribution in [0.15, 0.2) is 48.5 Å². The van der Waals surface area contributed by atoms with Crippen LogP contribution in [0, 0.1) is 0 Å². The van der Waals surface area contributed by atoms with E-state index in [0.29, 0.717) is 19.6 Å². The van der Waals surface area contributed by atoms with E-state index in [-0.39, 0.29) is 24.8 Å². The largest absolute Gasteiger partial charge is 0.481 e. The first-order valence-electron chi connectivity index (χ1n) is 11.1. The Labute approximate surface area is 188 Å². The summed E-state index contributed by atoms with van der Waals surface area (Å²) in [5, 5.41) is 13.9. The van der Waals surface area contributed by atoms with Gasteiger partial charge < -0.3 is 20.5 Å². The van der Waals surface area contributed by atoms with Gasteiger partial charge in [-0.15, -0.1) is 0 Å². The van der Waals surface area contributed by atoms with E-state index in [1.54, 1.807) is 0 Å². The Morgan fingerprint density at radius 3 is 2.06 bits per heavy atom. The van der Waals surface area contributed by atoms with Gasteiger partial charge in [-0.3, -0.25) is 9.59 Å². The van der Waals surface area contributed by atoms with Crippen LogP contribution in [0.2, 0.25) is 0 Å². The van der Waals surface area contributed by atoms with Crippen molar-refractivity contribution >= 4 is 18.0 Å². The van der Waals surface area contributed by atoms with Crippen LogP contribution in [-0.2, 0) is 14.3 Å². The summed E-state index contributed by atoms with van der Waals surface area (Å²) in [6, 6.07) is 16.5. The SMILES string of the molecule is O=C(O)CCNC(=O)CCCCCCNC(=O)OCC1c2ccccc2-c2ccccc21. The summed E-state index contributed by atoms with van der Waals surface area (Å²) < 4.78 is 5.51. The van der Waals surface area contributed by atoms with Crippen LogP contribution < -0.4 is 10.6 Å². The van der Waals surface area contributed by atoms with Gasteiger partial charge in [0, 0.05) is 25.4 Å². The summed E-state index contributed by atoms with van der Waals surface area (Å²) in [5.74, 6) is -0.994. The smallest absolute Gasteiger partial charge is 0.407 e. The highest BCUT2D eigenvalue weighted by atomic mass is 16.5. The molecular weight excluding hydrogens is 408 g/mol. The molecule has 1 aliphatic carbocycles. The fourth-order valence-electron chi connectivity index (χ4n) is 4.00. The topological polar surface area (TPSA) is 105 Å². The van der Waals surface area contributed by atoms with Crippen LogP contribution in [0.1, 0.15) is 55.6 Å². The fourth-order valence-corrected chi connectivity index (χ4v) is 4.00. The highest BCUT2D eigenvalue weighted by molar-refractivity contribution is 5.79. The molecule has 0 aliphatic heterocycles. The Morgan fingerprint density at radius 1 is 0.781 bits per heavy atom. The highest BCUT2D eigenvalue weighted by Gasteiger charge is 2.28. The number of rotatable bonds is 12. The van der Waals surface area contributed by atoms with E-state index in [0.717, 1.165) is 25.7 Å². The van der Waals surface area contributed by atoms with Crippen LogP contribution in [0.25, 0.3) is 11.1 Å². The van der Waals surface area contributed by atoms with Crippen molar-refractivity contribution in [3.05, 3.63) is 59.7 Å². The third-order valence-corrected chi connectivity index (χ3v) is 5.60. The molecule has 0 saturated carbocycles. The minimum Gasteiger partial charge on any atom is -0.481 e. The Hall–Kier alpha value is -3.35. The molecule has 0 atom stereocenters. The minimum atomic E-state index is -0.922. The molecule has 2 aromatic rings. The van der Waals surface area contributed by atoms with Crippen molar-refractivity contribution < 1.29 is 24.2 Å². The number of ether oxygens (including phenoxy) is 1. The predicted octanol–water partition coefficient (Wildman–Crippen LogP) is 4.07. The Balaban J connectivity index is 1.29. The normalized spacial score (nSPS) is 12.0. The average molecular weight is 439 g/mol. The number of carbonyl (C=O) groups excluding carboxylic acids is 2. The number of hydrogen-bond acceptors (Lipinski definition) is 4. The first-order valence-corrected chi connectivity index (χ1v) is 11.1. The third-order valence-electron chi connectivity index (χ3n) is 5.60. The molecule has 0 fully saturated rings. The molecular formula is C25H30N2O5. The molecule has 2 aromatic carbocycles. The summed E-state index contributed by atoms with van der Waals surface area (Å²) in [5.41, 5.74) is 4.78. The number of amides is 2. The lowest BCUT2D eigenvalue weighted by Gasteiger charge is -2.14. The van der Waals surface area contributed by atoms with Crippen molar-refractivity contribution in [3.63, 3.8) is 0 Å². The van der Waals surface area contributed by atoms with Gasteiger partial charge in [0.2, 0.25) is 5.91 Å². The van der Waals surface area contributed by atoms with Gasteiger partial charge in [0.1, 0.15) is 6.61 Å². The Bertz CT molecular complexity index is 898. The standard InChI is InChI=1S/C25H30N2O5/c28-23(26-16-14-24(29)30)13-3-1-2-8-15-27-25(31)32-17-22-20-11-6-4-9-18(20)19-10-5-7-12-21(19)22/h4-7,9-12,22H,1-3,8,13-17H2,(H,26,28)(H,27,31)(H,29,30). The van der Waals surface area contributed by atoms with E-state index in [9.17, 15) is 14.4 Å². The van der Waals surface area contributed by atoms with Gasteiger partial charge in [-0.25, -0.2) is 4.79 Å². The lowest BCUT2D eigenvalue weighted by molar-refractivity contribution is -0.136. The molecule has 0 bridgehead atoms. The first kappa shape index (κ1) is 23.3. The van der Waals surface area contributed by atoms with Crippen LogP contribution in [0.3, 0.4) is 0 Å². The summed E-state index contributed by atoms with van der Waals surface area (Å²) in [6.45, 7) is 0.997. The van der Waals surface area contributed by atoms with E-state index in [1.165, 1.54) is 22.3 Å². The molecule has 2 amide bonds. The van der Waals surface area contributed by atoms with Crippen LogP contribution in [0.5, 0.6) is 0 Å². The minimum absolute atomic E-state index is 0.0507. The summed E-state index contributed by atoms with van der Waals surface area (Å²) in [4.78, 5) is 34.1. The molecule has 32 heavy (non-hydrogen) atoms. The van der Waals surface area contributed by atoms with Gasteiger partial charge in [0.25, 0.3) is 0 Å². The number of carboxylic acid groups (broad SMARTS) is 1. The number of fused-ring (bicyclic) bond motifs is 3.